The molecular formula is C22H17NO2. The van der Waals surface area contributed by atoms with E-state index in [2.05, 4.69) is 16.8 Å². The average molecular weight is 327 g/mol. The number of aliphatic hydroxyl groups is 1. The summed E-state index contributed by atoms with van der Waals surface area (Å²) in [5, 5.41) is 10.8. The highest BCUT2D eigenvalue weighted by Crippen LogP contribution is 2.29. The van der Waals surface area contributed by atoms with E-state index in [0.29, 0.717) is 11.3 Å². The number of benzene rings is 1. The maximum Gasteiger partial charge on any atom is 0.184 e. The van der Waals surface area contributed by atoms with Gasteiger partial charge in [-0.15, -0.1) is 0 Å². The van der Waals surface area contributed by atoms with Gasteiger partial charge in [0.25, 0.3) is 0 Å². The molecule has 0 aliphatic heterocycles. The standard InChI is InChI=1S/C22H17NO2/c24-21-14-16-22(25,15-7-12-19-11-4-5-17-23-19)20(21)13-6-10-18-8-2-1-3-9-18/h1-6,8-11,13-14,16-17,25H,15H2/b10-6+,20-13-. The SMILES string of the molecule is O=C1C=CC(O)(CC#Cc2ccccn2)/C1=C\C=C\c1ccccc1. The van der Waals surface area contributed by atoms with Crippen LogP contribution in [0.2, 0.25) is 0 Å². The van der Waals surface area contributed by atoms with Crippen LogP contribution in [0, 0.1) is 11.8 Å². The van der Waals surface area contributed by atoms with Gasteiger partial charge in [0.15, 0.2) is 5.78 Å². The van der Waals surface area contributed by atoms with E-state index in [1.165, 1.54) is 12.2 Å². The minimum absolute atomic E-state index is 0.136. The van der Waals surface area contributed by atoms with E-state index in [1.54, 1.807) is 24.4 Å². The molecule has 1 N–H and O–H groups in total. The molecule has 0 amide bonds. The summed E-state index contributed by atoms with van der Waals surface area (Å²) in [6.07, 6.45) is 10.0. The number of aromatic nitrogens is 1. The number of carbonyl (C=O) groups excluding carboxylic acids is 1. The zero-order chi connectivity index (χ0) is 17.5. The second kappa shape index (κ2) is 7.57. The van der Waals surface area contributed by atoms with Crippen LogP contribution in [0.15, 0.2) is 84.6 Å². The Morgan fingerprint density at radius 1 is 1.12 bits per heavy atom. The first-order valence-electron chi connectivity index (χ1n) is 7.97. The number of hydrogen-bond donors (Lipinski definition) is 1. The van der Waals surface area contributed by atoms with Crippen molar-refractivity contribution in [2.24, 2.45) is 0 Å². The number of nitrogens with zero attached hydrogens (tertiary/aromatic N) is 1. The largest absolute Gasteiger partial charge is 0.380 e. The lowest BCUT2D eigenvalue weighted by Gasteiger charge is -2.19. The van der Waals surface area contributed by atoms with Gasteiger partial charge in [0.1, 0.15) is 11.3 Å². The Kier molecular flexibility index (Phi) is 5.03. The molecule has 1 heterocycles. The second-order valence-corrected chi connectivity index (χ2v) is 5.67. The lowest BCUT2D eigenvalue weighted by molar-refractivity contribution is -0.112. The third-order valence-corrected chi connectivity index (χ3v) is 3.83. The Bertz CT molecular complexity index is 899. The van der Waals surface area contributed by atoms with Gasteiger partial charge in [-0.2, -0.15) is 0 Å². The van der Waals surface area contributed by atoms with E-state index in [1.807, 2.05) is 48.5 Å². The molecule has 0 spiro atoms. The van der Waals surface area contributed by atoms with Crippen molar-refractivity contribution in [2.45, 2.75) is 12.0 Å². The van der Waals surface area contributed by atoms with Gasteiger partial charge in [0, 0.05) is 18.2 Å². The van der Waals surface area contributed by atoms with Crippen LogP contribution >= 0.6 is 0 Å². The van der Waals surface area contributed by atoms with Crippen molar-refractivity contribution in [3.63, 3.8) is 0 Å². The summed E-state index contributed by atoms with van der Waals surface area (Å²) >= 11 is 0. The molecule has 3 rings (SSSR count). The Hall–Kier alpha value is -3.22. The fourth-order valence-electron chi connectivity index (χ4n) is 2.51. The summed E-state index contributed by atoms with van der Waals surface area (Å²) in [7, 11) is 0. The number of ketones is 1. The lowest BCUT2D eigenvalue weighted by atomic mass is 9.92. The summed E-state index contributed by atoms with van der Waals surface area (Å²) in [6, 6.07) is 15.2. The molecule has 3 nitrogen and oxygen atoms in total. The zero-order valence-electron chi connectivity index (χ0n) is 13.6. The first-order chi connectivity index (χ1) is 12.2. The third-order valence-electron chi connectivity index (χ3n) is 3.83. The first-order valence-corrected chi connectivity index (χ1v) is 7.97. The van der Waals surface area contributed by atoms with Crippen molar-refractivity contribution in [2.75, 3.05) is 0 Å². The van der Waals surface area contributed by atoms with Crippen molar-refractivity contribution in [1.82, 2.24) is 4.98 Å². The molecule has 2 aromatic rings. The van der Waals surface area contributed by atoms with Crippen molar-refractivity contribution in [3.8, 4) is 11.8 Å². The molecule has 0 saturated carbocycles. The molecule has 1 unspecified atom stereocenters. The highest BCUT2D eigenvalue weighted by atomic mass is 16.3. The van der Waals surface area contributed by atoms with Crippen molar-refractivity contribution < 1.29 is 9.90 Å². The van der Waals surface area contributed by atoms with E-state index >= 15 is 0 Å². The predicted octanol–water partition coefficient (Wildman–Crippen LogP) is 3.33. The molecule has 3 heteroatoms. The van der Waals surface area contributed by atoms with E-state index < -0.39 is 5.60 Å². The topological polar surface area (TPSA) is 50.2 Å². The quantitative estimate of drug-likeness (QED) is 0.695. The van der Waals surface area contributed by atoms with E-state index in [4.69, 9.17) is 0 Å². The molecule has 0 fully saturated rings. The predicted molar refractivity (Wildman–Crippen MR) is 98.4 cm³/mol. The fourth-order valence-corrected chi connectivity index (χ4v) is 2.51. The number of allylic oxidation sites excluding steroid dienone is 3. The zero-order valence-corrected chi connectivity index (χ0v) is 13.6. The molecule has 1 atom stereocenters. The van der Waals surface area contributed by atoms with Crippen LogP contribution in [-0.4, -0.2) is 21.5 Å². The van der Waals surface area contributed by atoms with Gasteiger partial charge in [-0.1, -0.05) is 60.5 Å². The molecule has 1 aliphatic carbocycles. The second-order valence-electron chi connectivity index (χ2n) is 5.67. The smallest absolute Gasteiger partial charge is 0.184 e. The monoisotopic (exact) mass is 327 g/mol. The van der Waals surface area contributed by atoms with Crippen LogP contribution < -0.4 is 0 Å². The summed E-state index contributed by atoms with van der Waals surface area (Å²) in [5.74, 6) is 5.62. The first kappa shape index (κ1) is 16.6. The van der Waals surface area contributed by atoms with Gasteiger partial charge < -0.3 is 5.11 Å². The fraction of sp³-hybridized carbons (Fsp3) is 0.0909. The maximum absolute atomic E-state index is 12.1. The molecule has 1 aromatic carbocycles. The van der Waals surface area contributed by atoms with Crippen molar-refractivity contribution in [1.29, 1.82) is 0 Å². The maximum atomic E-state index is 12.1. The van der Waals surface area contributed by atoms with Gasteiger partial charge in [-0.05, 0) is 35.8 Å². The van der Waals surface area contributed by atoms with Gasteiger partial charge >= 0.3 is 0 Å². The van der Waals surface area contributed by atoms with Gasteiger partial charge in [0.2, 0.25) is 0 Å². The lowest BCUT2D eigenvalue weighted by Crippen LogP contribution is -2.27. The Labute approximate surface area is 147 Å². The normalized spacial score (nSPS) is 20.8. The van der Waals surface area contributed by atoms with Crippen LogP contribution in [0.3, 0.4) is 0 Å². The highest BCUT2D eigenvalue weighted by molar-refractivity contribution is 6.09. The summed E-state index contributed by atoms with van der Waals surface area (Å²) in [5.41, 5.74) is 0.625. The van der Waals surface area contributed by atoms with E-state index in [0.717, 1.165) is 5.56 Å². The van der Waals surface area contributed by atoms with Crippen LogP contribution in [0.4, 0.5) is 0 Å². The molecule has 1 aromatic heterocycles. The Balaban J connectivity index is 1.76. The van der Waals surface area contributed by atoms with E-state index in [9.17, 15) is 9.90 Å². The number of hydrogen-bond acceptors (Lipinski definition) is 3. The number of carbonyl (C=O) groups is 1. The third kappa shape index (κ3) is 4.20. The number of rotatable bonds is 3. The van der Waals surface area contributed by atoms with Crippen LogP contribution in [0.25, 0.3) is 6.08 Å². The summed E-state index contributed by atoms with van der Waals surface area (Å²) in [6.45, 7) is 0. The summed E-state index contributed by atoms with van der Waals surface area (Å²) in [4.78, 5) is 16.2. The molecule has 0 saturated heterocycles. The minimum Gasteiger partial charge on any atom is -0.380 e. The molecule has 25 heavy (non-hydrogen) atoms. The van der Waals surface area contributed by atoms with Crippen LogP contribution in [-0.2, 0) is 4.79 Å². The van der Waals surface area contributed by atoms with Gasteiger partial charge in [-0.3, -0.25) is 4.79 Å². The van der Waals surface area contributed by atoms with Crippen LogP contribution in [0.1, 0.15) is 17.7 Å². The average Bonchev–Trinajstić information content (AvgIpc) is 2.92. The molecular weight excluding hydrogens is 310 g/mol. The van der Waals surface area contributed by atoms with Crippen LogP contribution in [0.5, 0.6) is 0 Å². The Morgan fingerprint density at radius 3 is 2.68 bits per heavy atom. The molecule has 122 valence electrons. The summed E-state index contributed by atoms with van der Waals surface area (Å²) < 4.78 is 0. The molecule has 0 radical (unpaired) electrons. The number of pyridine rings is 1. The van der Waals surface area contributed by atoms with Gasteiger partial charge in [0.05, 0.1) is 0 Å². The van der Waals surface area contributed by atoms with Crippen molar-refractivity contribution >= 4 is 11.9 Å². The minimum atomic E-state index is -1.36. The Morgan fingerprint density at radius 2 is 1.92 bits per heavy atom. The molecule has 0 bridgehead atoms. The highest BCUT2D eigenvalue weighted by Gasteiger charge is 2.36. The van der Waals surface area contributed by atoms with E-state index in [-0.39, 0.29) is 12.2 Å². The van der Waals surface area contributed by atoms with Crippen molar-refractivity contribution in [3.05, 3.63) is 95.9 Å². The molecule has 1 aliphatic rings. The van der Waals surface area contributed by atoms with Gasteiger partial charge in [-0.25, -0.2) is 4.98 Å².